The van der Waals surface area contributed by atoms with Crippen molar-refractivity contribution >= 4 is 23.5 Å². The van der Waals surface area contributed by atoms with Crippen molar-refractivity contribution in [3.05, 3.63) is 59.5 Å². The number of hydrogen-bond donors (Lipinski definition) is 2. The fourth-order valence-corrected chi connectivity index (χ4v) is 4.06. The Morgan fingerprint density at radius 1 is 1.28 bits per heavy atom. The molecule has 0 unspecified atom stereocenters. The lowest BCUT2D eigenvalue weighted by Gasteiger charge is -2.15. The summed E-state index contributed by atoms with van der Waals surface area (Å²) < 4.78 is 1.56. The summed E-state index contributed by atoms with van der Waals surface area (Å²) >= 11 is 1.50. The fourth-order valence-electron chi connectivity index (χ4n) is 2.88. The second-order valence-corrected chi connectivity index (χ2v) is 6.74. The highest BCUT2D eigenvalue weighted by atomic mass is 32.2. The molecule has 0 saturated carbocycles. The molecule has 0 spiro atoms. The molecule has 0 fully saturated rings. The first-order valence-electron chi connectivity index (χ1n) is 7.71. The topological polar surface area (TPSA) is 92.9 Å². The summed E-state index contributed by atoms with van der Waals surface area (Å²) in [6, 6.07) is 8.80. The van der Waals surface area contributed by atoms with Crippen LogP contribution in [0.2, 0.25) is 0 Å². The summed E-state index contributed by atoms with van der Waals surface area (Å²) in [7, 11) is 0. The molecule has 0 aliphatic carbocycles. The van der Waals surface area contributed by atoms with E-state index in [1.165, 1.54) is 11.8 Å². The van der Waals surface area contributed by atoms with Crippen LogP contribution in [0.5, 0.6) is 5.75 Å². The third-order valence-electron chi connectivity index (χ3n) is 3.92. The average molecular weight is 353 g/mol. The molecule has 25 heavy (non-hydrogen) atoms. The maximum atomic E-state index is 12.2. The van der Waals surface area contributed by atoms with Crippen LogP contribution in [0.1, 0.15) is 22.1 Å². The van der Waals surface area contributed by atoms with Crippen LogP contribution in [0.25, 0.3) is 5.95 Å². The number of aryl methyl sites for hydroxylation is 1. The van der Waals surface area contributed by atoms with E-state index in [0.29, 0.717) is 17.5 Å². The number of nitrogens with one attached hydrogen (secondary N) is 1. The van der Waals surface area contributed by atoms with Crippen LogP contribution in [0.15, 0.2) is 42.7 Å². The minimum absolute atomic E-state index is 0.106. The van der Waals surface area contributed by atoms with Gasteiger partial charge in [-0.3, -0.25) is 4.79 Å². The molecule has 1 aromatic carbocycles. The fraction of sp³-hybridized carbons (Fsp3) is 0.176. The molecular formula is C17H15N5O2S. The van der Waals surface area contributed by atoms with E-state index in [1.807, 2.05) is 13.0 Å². The number of thioether (sulfide) groups is 1. The number of aromatic hydroxyl groups is 1. The van der Waals surface area contributed by atoms with Gasteiger partial charge in [-0.2, -0.15) is 9.78 Å². The zero-order valence-corrected chi connectivity index (χ0v) is 14.2. The lowest BCUT2D eigenvalue weighted by Crippen LogP contribution is -2.16. The number of aromatic nitrogens is 4. The SMILES string of the molecule is Cc1nn(-c2ncccn2)c2c1[C@@H](c1cccc(O)c1)SCC(=O)N2. The minimum Gasteiger partial charge on any atom is -0.508 e. The average Bonchev–Trinajstić information content (AvgIpc) is 2.82. The highest BCUT2D eigenvalue weighted by Crippen LogP contribution is 2.44. The molecule has 0 radical (unpaired) electrons. The Morgan fingerprint density at radius 2 is 2.08 bits per heavy atom. The van der Waals surface area contributed by atoms with E-state index in [1.54, 1.807) is 41.3 Å². The number of rotatable bonds is 2. The smallest absolute Gasteiger partial charge is 0.252 e. The van der Waals surface area contributed by atoms with Crippen molar-refractivity contribution in [2.75, 3.05) is 11.1 Å². The van der Waals surface area contributed by atoms with Gasteiger partial charge in [0.25, 0.3) is 5.95 Å². The van der Waals surface area contributed by atoms with Crippen molar-refractivity contribution in [1.82, 2.24) is 19.7 Å². The summed E-state index contributed by atoms with van der Waals surface area (Å²) in [4.78, 5) is 20.7. The molecule has 126 valence electrons. The standard InChI is InChI=1S/C17H15N5O2S/c1-10-14-15(11-4-2-5-12(23)8-11)25-9-13(24)20-16(14)22(21-10)17-18-6-3-7-19-17/h2-8,15,23H,9H2,1H3,(H,20,24)/t15-/m1/s1. The molecule has 0 saturated heterocycles. The summed E-state index contributed by atoms with van der Waals surface area (Å²) in [6.45, 7) is 1.89. The van der Waals surface area contributed by atoms with Gasteiger partial charge < -0.3 is 10.4 Å². The van der Waals surface area contributed by atoms with E-state index in [0.717, 1.165) is 16.8 Å². The van der Waals surface area contributed by atoms with Crippen LogP contribution >= 0.6 is 11.8 Å². The Hall–Kier alpha value is -2.87. The third kappa shape index (κ3) is 2.85. The second-order valence-electron chi connectivity index (χ2n) is 5.64. The van der Waals surface area contributed by atoms with Gasteiger partial charge in [-0.1, -0.05) is 12.1 Å². The Labute approximate surface area is 148 Å². The van der Waals surface area contributed by atoms with Crippen molar-refractivity contribution in [1.29, 1.82) is 0 Å². The molecule has 2 N–H and O–H groups in total. The van der Waals surface area contributed by atoms with Crippen LogP contribution in [-0.2, 0) is 4.79 Å². The highest BCUT2D eigenvalue weighted by Gasteiger charge is 2.31. The van der Waals surface area contributed by atoms with Gasteiger partial charge in [0.15, 0.2) is 0 Å². The van der Waals surface area contributed by atoms with Crippen molar-refractivity contribution in [3.8, 4) is 11.7 Å². The van der Waals surface area contributed by atoms with Gasteiger partial charge in [0, 0.05) is 18.0 Å². The monoisotopic (exact) mass is 353 g/mol. The van der Waals surface area contributed by atoms with Crippen LogP contribution in [-0.4, -0.2) is 36.5 Å². The summed E-state index contributed by atoms with van der Waals surface area (Å²) in [5.41, 5.74) is 2.60. The molecule has 3 heterocycles. The van der Waals surface area contributed by atoms with Gasteiger partial charge in [-0.15, -0.1) is 11.8 Å². The molecule has 1 aliphatic rings. The van der Waals surface area contributed by atoms with Gasteiger partial charge in [0.1, 0.15) is 11.6 Å². The number of fused-ring (bicyclic) bond motifs is 1. The Bertz CT molecular complexity index is 941. The van der Waals surface area contributed by atoms with Crippen LogP contribution in [0, 0.1) is 6.92 Å². The van der Waals surface area contributed by atoms with Gasteiger partial charge in [0.05, 0.1) is 16.7 Å². The first-order valence-corrected chi connectivity index (χ1v) is 8.75. The number of carbonyl (C=O) groups is 1. The number of hydrogen-bond acceptors (Lipinski definition) is 6. The quantitative estimate of drug-likeness (QED) is 0.735. The molecule has 0 bridgehead atoms. The molecule has 4 rings (SSSR count). The largest absolute Gasteiger partial charge is 0.508 e. The van der Waals surface area contributed by atoms with Crippen molar-refractivity contribution in [2.45, 2.75) is 12.2 Å². The van der Waals surface area contributed by atoms with Crippen LogP contribution in [0.3, 0.4) is 0 Å². The van der Waals surface area contributed by atoms with E-state index in [9.17, 15) is 9.90 Å². The molecule has 3 aromatic rings. The molecule has 1 aliphatic heterocycles. The molecule has 7 nitrogen and oxygen atoms in total. The van der Waals surface area contributed by atoms with Crippen LogP contribution < -0.4 is 5.32 Å². The third-order valence-corrected chi connectivity index (χ3v) is 5.19. The Morgan fingerprint density at radius 3 is 2.84 bits per heavy atom. The van der Waals surface area contributed by atoms with Gasteiger partial charge in [-0.25, -0.2) is 9.97 Å². The number of amides is 1. The number of nitrogens with zero attached hydrogens (tertiary/aromatic N) is 4. The Balaban J connectivity index is 1.90. The predicted octanol–water partition coefficient (Wildman–Crippen LogP) is 2.45. The normalized spacial score (nSPS) is 16.8. The summed E-state index contributed by atoms with van der Waals surface area (Å²) in [5.74, 6) is 1.37. The molecule has 1 atom stereocenters. The Kier molecular flexibility index (Phi) is 3.89. The van der Waals surface area contributed by atoms with Gasteiger partial charge in [0.2, 0.25) is 5.91 Å². The molecule has 2 aromatic heterocycles. The first-order chi connectivity index (χ1) is 12.1. The maximum absolute atomic E-state index is 12.2. The summed E-state index contributed by atoms with van der Waals surface area (Å²) in [6.07, 6.45) is 3.26. The van der Waals surface area contributed by atoms with E-state index >= 15 is 0 Å². The van der Waals surface area contributed by atoms with Crippen molar-refractivity contribution in [3.63, 3.8) is 0 Å². The van der Waals surface area contributed by atoms with Gasteiger partial charge in [-0.05, 0) is 30.7 Å². The van der Waals surface area contributed by atoms with Gasteiger partial charge >= 0.3 is 0 Å². The zero-order valence-electron chi connectivity index (χ0n) is 13.4. The first kappa shape index (κ1) is 15.6. The highest BCUT2D eigenvalue weighted by molar-refractivity contribution is 8.00. The molecular weight excluding hydrogens is 338 g/mol. The molecule has 8 heteroatoms. The van der Waals surface area contributed by atoms with Crippen molar-refractivity contribution in [2.24, 2.45) is 0 Å². The van der Waals surface area contributed by atoms with Crippen molar-refractivity contribution < 1.29 is 9.90 Å². The number of phenolic OH excluding ortho intramolecular Hbond substituents is 1. The number of benzene rings is 1. The number of anilines is 1. The number of carbonyl (C=O) groups excluding carboxylic acids is 1. The van der Waals surface area contributed by atoms with Crippen LogP contribution in [0.4, 0.5) is 5.82 Å². The second kappa shape index (κ2) is 6.21. The van der Waals surface area contributed by atoms with E-state index in [2.05, 4.69) is 20.4 Å². The number of phenols is 1. The molecule has 1 amide bonds. The zero-order chi connectivity index (χ0) is 17.4. The minimum atomic E-state index is -0.126. The van der Waals surface area contributed by atoms with E-state index < -0.39 is 0 Å². The summed E-state index contributed by atoms with van der Waals surface area (Å²) in [5, 5.41) is 17.2. The van der Waals surface area contributed by atoms with E-state index in [-0.39, 0.29) is 16.9 Å². The van der Waals surface area contributed by atoms with E-state index in [4.69, 9.17) is 0 Å². The lowest BCUT2D eigenvalue weighted by molar-refractivity contribution is -0.113. The maximum Gasteiger partial charge on any atom is 0.252 e. The predicted molar refractivity (Wildman–Crippen MR) is 94.9 cm³/mol. The lowest BCUT2D eigenvalue weighted by atomic mass is 10.0.